The van der Waals surface area contributed by atoms with Crippen LogP contribution in [0.15, 0.2) is 53.5 Å². The van der Waals surface area contributed by atoms with Gasteiger partial charge in [0, 0.05) is 17.8 Å². The van der Waals surface area contributed by atoms with Crippen LogP contribution in [0.3, 0.4) is 0 Å². The van der Waals surface area contributed by atoms with E-state index in [1.165, 1.54) is 11.1 Å². The highest BCUT2D eigenvalue weighted by Gasteiger charge is 2.23. The topological polar surface area (TPSA) is 39.1 Å². The first kappa shape index (κ1) is 15.7. The molecule has 2 aromatic rings. The van der Waals surface area contributed by atoms with Crippen molar-refractivity contribution in [1.29, 1.82) is 0 Å². The molecule has 1 aliphatic heterocycles. The first-order valence-corrected chi connectivity index (χ1v) is 7.97. The van der Waals surface area contributed by atoms with Crippen LogP contribution in [0, 0.1) is 13.8 Å². The Hall–Kier alpha value is -2.17. The van der Waals surface area contributed by atoms with Gasteiger partial charge in [-0.05, 0) is 37.1 Å². The number of aliphatic imine (C=N–C) groups is 1. The van der Waals surface area contributed by atoms with E-state index in [4.69, 9.17) is 4.99 Å². The second-order valence-electron chi connectivity index (χ2n) is 5.95. The molecular formula is C19H23N3O. The molecule has 0 bridgehead atoms. The van der Waals surface area contributed by atoms with E-state index < -0.39 is 0 Å². The average Bonchev–Trinajstić information content (AvgIpc) is 2.58. The second kappa shape index (κ2) is 6.94. The van der Waals surface area contributed by atoms with Gasteiger partial charge in [-0.1, -0.05) is 36.4 Å². The molecule has 1 heterocycles. The van der Waals surface area contributed by atoms with Crippen LogP contribution in [0.4, 0.5) is 5.69 Å². The highest BCUT2D eigenvalue weighted by atomic mass is 16.3. The molecule has 0 saturated heterocycles. The third-order valence-corrected chi connectivity index (χ3v) is 4.27. The van der Waals surface area contributed by atoms with Crippen molar-refractivity contribution in [1.82, 2.24) is 4.90 Å². The Kier molecular flexibility index (Phi) is 4.74. The van der Waals surface area contributed by atoms with Crippen molar-refractivity contribution in [3.8, 4) is 0 Å². The van der Waals surface area contributed by atoms with E-state index in [2.05, 4.69) is 54.0 Å². The number of aliphatic hydroxyl groups is 1. The minimum Gasteiger partial charge on any atom is -0.395 e. The lowest BCUT2D eigenvalue weighted by Crippen LogP contribution is -2.47. The fourth-order valence-electron chi connectivity index (χ4n) is 2.78. The Bertz CT molecular complexity index is 697. The highest BCUT2D eigenvalue weighted by Crippen LogP contribution is 2.23. The molecule has 1 N–H and O–H groups in total. The van der Waals surface area contributed by atoms with Crippen molar-refractivity contribution in [3.63, 3.8) is 0 Å². The van der Waals surface area contributed by atoms with Gasteiger partial charge in [-0.3, -0.25) is 9.89 Å². The molecule has 3 rings (SSSR count). The molecule has 4 heteroatoms. The molecule has 1 aliphatic rings. The van der Waals surface area contributed by atoms with Gasteiger partial charge in [0.2, 0.25) is 0 Å². The Morgan fingerprint density at radius 3 is 2.52 bits per heavy atom. The quantitative estimate of drug-likeness (QED) is 0.944. The molecule has 2 aromatic carbocycles. The summed E-state index contributed by atoms with van der Waals surface area (Å²) in [5.41, 5.74) is 4.82. The number of β-amino-alcohol motifs (C(OH)–C–C–N with tert-alkyl or cyclic N) is 1. The van der Waals surface area contributed by atoms with E-state index in [-0.39, 0.29) is 6.61 Å². The lowest BCUT2D eigenvalue weighted by atomic mass is 10.1. The third-order valence-electron chi connectivity index (χ3n) is 4.27. The van der Waals surface area contributed by atoms with Crippen molar-refractivity contribution < 1.29 is 5.11 Å². The molecule has 0 spiro atoms. The first-order valence-electron chi connectivity index (χ1n) is 7.97. The van der Waals surface area contributed by atoms with E-state index in [1.54, 1.807) is 0 Å². The van der Waals surface area contributed by atoms with Crippen LogP contribution >= 0.6 is 0 Å². The van der Waals surface area contributed by atoms with Crippen LogP contribution in [0.2, 0.25) is 0 Å². The zero-order valence-electron chi connectivity index (χ0n) is 13.7. The largest absolute Gasteiger partial charge is 0.395 e. The van der Waals surface area contributed by atoms with Crippen LogP contribution in [0.1, 0.15) is 16.7 Å². The van der Waals surface area contributed by atoms with Crippen molar-refractivity contribution >= 4 is 11.5 Å². The van der Waals surface area contributed by atoms with E-state index in [1.807, 2.05) is 18.2 Å². The number of aryl methyl sites for hydroxylation is 2. The summed E-state index contributed by atoms with van der Waals surface area (Å²) in [6.45, 7) is 6.39. The van der Waals surface area contributed by atoms with Gasteiger partial charge >= 0.3 is 0 Å². The van der Waals surface area contributed by atoms with Crippen molar-refractivity contribution in [2.24, 2.45) is 4.99 Å². The number of hydrogen-bond donors (Lipinski definition) is 1. The van der Waals surface area contributed by atoms with Gasteiger partial charge in [0.25, 0.3) is 0 Å². The molecule has 0 saturated carbocycles. The lowest BCUT2D eigenvalue weighted by molar-refractivity contribution is 0.199. The minimum absolute atomic E-state index is 0.150. The zero-order valence-corrected chi connectivity index (χ0v) is 13.7. The number of rotatable bonds is 4. The van der Waals surface area contributed by atoms with Crippen LogP contribution in [-0.4, -0.2) is 42.3 Å². The van der Waals surface area contributed by atoms with Crippen LogP contribution in [0.5, 0.6) is 0 Å². The molecular weight excluding hydrogens is 286 g/mol. The summed E-state index contributed by atoms with van der Waals surface area (Å²) in [4.78, 5) is 9.13. The Balaban J connectivity index is 1.99. The Labute approximate surface area is 137 Å². The number of nitrogens with zero attached hydrogens (tertiary/aromatic N) is 3. The predicted molar refractivity (Wildman–Crippen MR) is 94.9 cm³/mol. The molecule has 0 radical (unpaired) electrons. The maximum absolute atomic E-state index is 9.23. The fourth-order valence-corrected chi connectivity index (χ4v) is 2.78. The second-order valence-corrected chi connectivity index (χ2v) is 5.95. The third kappa shape index (κ3) is 3.44. The van der Waals surface area contributed by atoms with Gasteiger partial charge in [0.15, 0.2) is 0 Å². The number of hydrogen-bond acceptors (Lipinski definition) is 4. The molecule has 120 valence electrons. The average molecular weight is 309 g/mol. The summed E-state index contributed by atoms with van der Waals surface area (Å²) >= 11 is 0. The van der Waals surface area contributed by atoms with E-state index in [0.29, 0.717) is 13.2 Å². The normalized spacial score (nSPS) is 15.6. The Morgan fingerprint density at radius 1 is 1.04 bits per heavy atom. The number of benzene rings is 2. The number of anilines is 1. The summed E-state index contributed by atoms with van der Waals surface area (Å²) < 4.78 is 0. The van der Waals surface area contributed by atoms with Gasteiger partial charge in [-0.2, -0.15) is 0 Å². The van der Waals surface area contributed by atoms with E-state index in [0.717, 1.165) is 23.8 Å². The van der Waals surface area contributed by atoms with Crippen LogP contribution < -0.4 is 4.90 Å². The molecule has 4 nitrogen and oxygen atoms in total. The molecule has 0 aromatic heterocycles. The lowest BCUT2D eigenvalue weighted by Gasteiger charge is -2.36. The van der Waals surface area contributed by atoms with Crippen molar-refractivity contribution in [3.05, 3.63) is 65.2 Å². The highest BCUT2D eigenvalue weighted by molar-refractivity contribution is 6.10. The first-order chi connectivity index (χ1) is 11.2. The number of aliphatic hydroxyl groups excluding tert-OH is 1. The number of amidine groups is 1. The SMILES string of the molecule is Cc1ccc(N2CN(CCO)CN=C2c2ccccc2)cc1C. The summed E-state index contributed by atoms with van der Waals surface area (Å²) in [6.07, 6.45) is 0. The summed E-state index contributed by atoms with van der Waals surface area (Å²) in [5.74, 6) is 0.989. The molecule has 0 fully saturated rings. The maximum atomic E-state index is 9.23. The molecule has 23 heavy (non-hydrogen) atoms. The van der Waals surface area contributed by atoms with E-state index >= 15 is 0 Å². The van der Waals surface area contributed by atoms with E-state index in [9.17, 15) is 5.11 Å². The monoisotopic (exact) mass is 309 g/mol. The van der Waals surface area contributed by atoms with Gasteiger partial charge < -0.3 is 10.0 Å². The van der Waals surface area contributed by atoms with Crippen LogP contribution in [-0.2, 0) is 0 Å². The molecule has 0 atom stereocenters. The Morgan fingerprint density at radius 2 is 1.83 bits per heavy atom. The molecule has 0 unspecified atom stereocenters. The van der Waals surface area contributed by atoms with Crippen LogP contribution in [0.25, 0.3) is 0 Å². The van der Waals surface area contributed by atoms with Gasteiger partial charge in [-0.25, -0.2) is 0 Å². The van der Waals surface area contributed by atoms with Gasteiger partial charge in [0.05, 0.1) is 19.9 Å². The maximum Gasteiger partial charge on any atom is 0.137 e. The fraction of sp³-hybridized carbons (Fsp3) is 0.316. The van der Waals surface area contributed by atoms with Gasteiger partial charge in [0.1, 0.15) is 5.84 Å². The molecule has 0 amide bonds. The summed E-state index contributed by atoms with van der Waals surface area (Å²) in [6, 6.07) is 16.8. The smallest absolute Gasteiger partial charge is 0.137 e. The standard InChI is InChI=1S/C19H23N3O/c1-15-8-9-18(12-16(15)2)22-14-21(10-11-23)13-20-19(22)17-6-4-3-5-7-17/h3-9,12,23H,10-11,13-14H2,1-2H3. The van der Waals surface area contributed by atoms with Gasteiger partial charge in [-0.15, -0.1) is 0 Å². The summed E-state index contributed by atoms with van der Waals surface area (Å²) in [5, 5.41) is 9.23. The van der Waals surface area contributed by atoms with Crippen molar-refractivity contribution in [2.75, 3.05) is 31.4 Å². The summed E-state index contributed by atoms with van der Waals surface area (Å²) in [7, 11) is 0. The minimum atomic E-state index is 0.150. The zero-order chi connectivity index (χ0) is 16.2. The van der Waals surface area contributed by atoms with Crippen molar-refractivity contribution in [2.45, 2.75) is 13.8 Å². The molecule has 0 aliphatic carbocycles. The predicted octanol–water partition coefficient (Wildman–Crippen LogP) is 2.78.